The van der Waals surface area contributed by atoms with E-state index >= 15 is 0 Å². The van der Waals surface area contributed by atoms with Gasteiger partial charge in [0, 0.05) is 49.3 Å². The summed E-state index contributed by atoms with van der Waals surface area (Å²) in [4.78, 5) is 5.39. The van der Waals surface area contributed by atoms with Crippen LogP contribution in [0.5, 0.6) is 0 Å². The second-order valence-corrected chi connectivity index (χ2v) is 9.09. The third-order valence-electron chi connectivity index (χ3n) is 5.11. The smallest absolute Gasteiger partial charge is 0.0126 e. The van der Waals surface area contributed by atoms with Crippen LogP contribution in [0, 0.1) is 0 Å². The molecule has 1 saturated heterocycles. The molecule has 2 fully saturated rings. The Balaban J connectivity index is 1.74. The van der Waals surface area contributed by atoms with Gasteiger partial charge in [0.2, 0.25) is 0 Å². The summed E-state index contributed by atoms with van der Waals surface area (Å²) in [5.74, 6) is 0. The second kappa shape index (κ2) is 6.55. The first kappa shape index (κ1) is 17.2. The minimum Gasteiger partial charge on any atom is -0.309 e. The highest BCUT2D eigenvalue weighted by molar-refractivity contribution is 4.89. The molecule has 1 aliphatic heterocycles. The van der Waals surface area contributed by atoms with Crippen LogP contribution in [0.3, 0.4) is 0 Å². The summed E-state index contributed by atoms with van der Waals surface area (Å²) in [7, 11) is 0. The van der Waals surface area contributed by atoms with E-state index in [1.807, 2.05) is 0 Å². The lowest BCUT2D eigenvalue weighted by atomic mass is 9.88. The minimum atomic E-state index is 0.260. The summed E-state index contributed by atoms with van der Waals surface area (Å²) in [5.41, 5.74) is 0.593. The fourth-order valence-corrected chi connectivity index (χ4v) is 3.96. The van der Waals surface area contributed by atoms with Gasteiger partial charge in [0.25, 0.3) is 0 Å². The Kier molecular flexibility index (Phi) is 5.38. The Hall–Kier alpha value is -0.120. The number of rotatable bonds is 2. The molecule has 1 N–H and O–H groups in total. The highest BCUT2D eigenvalue weighted by atomic mass is 15.3. The van der Waals surface area contributed by atoms with Crippen LogP contribution >= 0.6 is 0 Å². The van der Waals surface area contributed by atoms with Gasteiger partial charge in [-0.25, -0.2) is 0 Å². The average molecular weight is 296 g/mol. The first-order valence-electron chi connectivity index (χ1n) is 8.92. The molecule has 2 aliphatic rings. The van der Waals surface area contributed by atoms with Crippen LogP contribution in [-0.2, 0) is 0 Å². The summed E-state index contributed by atoms with van der Waals surface area (Å²) in [6.07, 6.45) is 5.45. The van der Waals surface area contributed by atoms with E-state index in [4.69, 9.17) is 0 Å². The lowest BCUT2D eigenvalue weighted by Gasteiger charge is -2.46. The average Bonchev–Trinajstić information content (AvgIpc) is 2.37. The van der Waals surface area contributed by atoms with Gasteiger partial charge in [-0.05, 0) is 67.2 Å². The highest BCUT2D eigenvalue weighted by Gasteiger charge is 2.31. The second-order valence-electron chi connectivity index (χ2n) is 9.09. The van der Waals surface area contributed by atoms with Gasteiger partial charge in [-0.2, -0.15) is 0 Å². The van der Waals surface area contributed by atoms with E-state index in [1.54, 1.807) is 0 Å². The normalized spacial score (nSPS) is 30.6. The molecule has 0 aromatic rings. The number of hydrogen-bond acceptors (Lipinski definition) is 3. The van der Waals surface area contributed by atoms with Gasteiger partial charge in [0.05, 0.1) is 0 Å². The van der Waals surface area contributed by atoms with Crippen LogP contribution in [0.2, 0.25) is 0 Å². The van der Waals surface area contributed by atoms with Crippen LogP contribution in [0.15, 0.2) is 0 Å². The first-order valence-corrected chi connectivity index (χ1v) is 8.92. The molecule has 3 heteroatoms. The number of nitrogens with zero attached hydrogens (tertiary/aromatic N) is 2. The van der Waals surface area contributed by atoms with Gasteiger partial charge >= 0.3 is 0 Å². The maximum absolute atomic E-state index is 3.78. The standard InChI is InChI=1S/C18H37N3/c1-17(2,3)19-15-7-9-16(10-8-15)20-11-13-21(14-12-20)18(4,5)6/h15-16,19H,7-14H2,1-6H3. The SMILES string of the molecule is CC(C)(C)NC1CCC(N2CCN(C(C)(C)C)CC2)CC1. The van der Waals surface area contributed by atoms with Crippen molar-refractivity contribution in [2.75, 3.05) is 26.2 Å². The Bertz CT molecular complexity index is 310. The van der Waals surface area contributed by atoms with Crippen LogP contribution in [0.25, 0.3) is 0 Å². The fraction of sp³-hybridized carbons (Fsp3) is 1.00. The molecule has 0 aromatic carbocycles. The van der Waals surface area contributed by atoms with Crippen LogP contribution < -0.4 is 5.32 Å². The van der Waals surface area contributed by atoms with Gasteiger partial charge < -0.3 is 5.32 Å². The number of nitrogens with one attached hydrogen (secondary N) is 1. The molecule has 21 heavy (non-hydrogen) atoms. The molecular weight excluding hydrogens is 258 g/mol. The molecule has 3 nitrogen and oxygen atoms in total. The van der Waals surface area contributed by atoms with E-state index in [2.05, 4.69) is 56.7 Å². The van der Waals surface area contributed by atoms with Gasteiger partial charge in [-0.15, -0.1) is 0 Å². The van der Waals surface area contributed by atoms with Crippen molar-refractivity contribution >= 4 is 0 Å². The molecule has 0 spiro atoms. The summed E-state index contributed by atoms with van der Waals surface area (Å²) >= 11 is 0. The Morgan fingerprint density at radius 2 is 1.29 bits per heavy atom. The summed E-state index contributed by atoms with van der Waals surface area (Å²) in [6, 6.07) is 1.57. The Morgan fingerprint density at radius 3 is 1.71 bits per heavy atom. The van der Waals surface area contributed by atoms with Crippen LogP contribution in [-0.4, -0.2) is 59.1 Å². The molecule has 1 aliphatic carbocycles. The van der Waals surface area contributed by atoms with E-state index in [-0.39, 0.29) is 5.54 Å². The van der Waals surface area contributed by atoms with Gasteiger partial charge in [-0.1, -0.05) is 0 Å². The molecule has 0 aromatic heterocycles. The van der Waals surface area contributed by atoms with E-state index in [0.717, 1.165) is 12.1 Å². The number of hydrogen-bond donors (Lipinski definition) is 1. The summed E-state index contributed by atoms with van der Waals surface area (Å²) < 4.78 is 0. The van der Waals surface area contributed by atoms with Crippen LogP contribution in [0.1, 0.15) is 67.2 Å². The number of piperazine rings is 1. The lowest BCUT2D eigenvalue weighted by molar-refractivity contribution is 0.0301. The van der Waals surface area contributed by atoms with E-state index < -0.39 is 0 Å². The molecule has 124 valence electrons. The van der Waals surface area contributed by atoms with Crippen molar-refractivity contribution in [1.29, 1.82) is 0 Å². The lowest BCUT2D eigenvalue weighted by Crippen LogP contribution is -2.56. The molecule has 1 saturated carbocycles. The predicted molar refractivity (Wildman–Crippen MR) is 91.8 cm³/mol. The topological polar surface area (TPSA) is 18.5 Å². The molecule has 0 amide bonds. The maximum Gasteiger partial charge on any atom is 0.0126 e. The van der Waals surface area contributed by atoms with Crippen molar-refractivity contribution in [2.24, 2.45) is 0 Å². The predicted octanol–water partition coefficient (Wildman–Crippen LogP) is 3.10. The van der Waals surface area contributed by atoms with E-state index in [0.29, 0.717) is 5.54 Å². The monoisotopic (exact) mass is 295 g/mol. The maximum atomic E-state index is 3.78. The van der Waals surface area contributed by atoms with Gasteiger partial charge in [0.15, 0.2) is 0 Å². The fourth-order valence-electron chi connectivity index (χ4n) is 3.96. The third kappa shape index (κ3) is 5.22. The zero-order valence-electron chi connectivity index (χ0n) is 15.2. The molecule has 0 unspecified atom stereocenters. The van der Waals surface area contributed by atoms with Crippen molar-refractivity contribution in [1.82, 2.24) is 15.1 Å². The quantitative estimate of drug-likeness (QED) is 0.844. The van der Waals surface area contributed by atoms with E-state index in [1.165, 1.54) is 51.9 Å². The van der Waals surface area contributed by atoms with Gasteiger partial charge in [0.1, 0.15) is 0 Å². The summed E-state index contributed by atoms with van der Waals surface area (Å²) in [5, 5.41) is 3.78. The van der Waals surface area contributed by atoms with Crippen LogP contribution in [0.4, 0.5) is 0 Å². The Labute approximate surface area is 132 Å². The van der Waals surface area contributed by atoms with Crippen molar-refractivity contribution in [3.05, 3.63) is 0 Å². The van der Waals surface area contributed by atoms with Crippen molar-refractivity contribution < 1.29 is 0 Å². The largest absolute Gasteiger partial charge is 0.309 e. The first-order chi connectivity index (χ1) is 9.65. The van der Waals surface area contributed by atoms with Crippen molar-refractivity contribution in [3.63, 3.8) is 0 Å². The third-order valence-corrected chi connectivity index (χ3v) is 5.11. The van der Waals surface area contributed by atoms with Gasteiger partial charge in [-0.3, -0.25) is 9.80 Å². The molecule has 0 bridgehead atoms. The highest BCUT2D eigenvalue weighted by Crippen LogP contribution is 2.26. The summed E-state index contributed by atoms with van der Waals surface area (Å²) in [6.45, 7) is 18.9. The molecule has 0 radical (unpaired) electrons. The zero-order valence-corrected chi connectivity index (χ0v) is 15.2. The Morgan fingerprint density at radius 1 is 0.762 bits per heavy atom. The minimum absolute atomic E-state index is 0.260. The van der Waals surface area contributed by atoms with Crippen molar-refractivity contribution in [3.8, 4) is 0 Å². The molecule has 2 rings (SSSR count). The zero-order chi connectivity index (χ0) is 15.7. The van der Waals surface area contributed by atoms with Crippen molar-refractivity contribution in [2.45, 2.75) is 90.4 Å². The van der Waals surface area contributed by atoms with E-state index in [9.17, 15) is 0 Å². The molecule has 0 atom stereocenters. The molecule has 1 heterocycles. The molecular formula is C18H37N3.